The number of hydrogen-bond donors (Lipinski definition) is 0. The number of hydrogen-bond acceptors (Lipinski definition) is 4. The molecule has 112 valence electrons. The van der Waals surface area contributed by atoms with Crippen LogP contribution in [-0.4, -0.2) is 38.7 Å². The summed E-state index contributed by atoms with van der Waals surface area (Å²) >= 11 is 1.68. The lowest BCUT2D eigenvalue weighted by Gasteiger charge is -2.31. The van der Waals surface area contributed by atoms with Crippen molar-refractivity contribution >= 4 is 17.2 Å². The second-order valence-corrected chi connectivity index (χ2v) is 6.37. The molecule has 1 fully saturated rings. The molecule has 0 aromatic carbocycles. The average molecular weight is 304 g/mol. The van der Waals surface area contributed by atoms with Gasteiger partial charge >= 0.3 is 0 Å². The van der Waals surface area contributed by atoms with Crippen LogP contribution in [-0.2, 0) is 6.54 Å². The van der Waals surface area contributed by atoms with E-state index in [9.17, 15) is 4.79 Å². The summed E-state index contributed by atoms with van der Waals surface area (Å²) in [5.41, 5.74) is 1.55. The van der Waals surface area contributed by atoms with Gasteiger partial charge < -0.3 is 4.90 Å². The van der Waals surface area contributed by atoms with Crippen LogP contribution in [0, 0.1) is 6.92 Å². The Morgan fingerprint density at radius 3 is 3.05 bits per heavy atom. The van der Waals surface area contributed by atoms with Crippen LogP contribution < -0.4 is 0 Å². The number of carbonyl (C=O) groups is 1. The van der Waals surface area contributed by atoms with Crippen molar-refractivity contribution in [2.24, 2.45) is 0 Å². The highest BCUT2D eigenvalue weighted by molar-refractivity contribution is 7.09. The van der Waals surface area contributed by atoms with E-state index in [1.54, 1.807) is 11.3 Å². The molecule has 1 saturated heterocycles. The summed E-state index contributed by atoms with van der Waals surface area (Å²) in [5.74, 6) is 0.484. The lowest BCUT2D eigenvalue weighted by atomic mass is 9.98. The van der Waals surface area contributed by atoms with Crippen LogP contribution in [0.3, 0.4) is 0 Å². The lowest BCUT2D eigenvalue weighted by molar-refractivity contribution is 0.0706. The van der Waals surface area contributed by atoms with Gasteiger partial charge in [-0.1, -0.05) is 0 Å². The molecule has 3 rings (SSSR count). The van der Waals surface area contributed by atoms with Crippen LogP contribution >= 0.6 is 11.3 Å². The zero-order chi connectivity index (χ0) is 14.8. The molecule has 0 spiro atoms. The zero-order valence-corrected chi connectivity index (χ0v) is 13.3. The number of aryl methyl sites for hydroxylation is 2. The highest BCUT2D eigenvalue weighted by atomic mass is 32.1. The zero-order valence-electron chi connectivity index (χ0n) is 12.5. The molecule has 0 N–H and O–H groups in total. The van der Waals surface area contributed by atoms with Crippen LogP contribution in [0.4, 0.5) is 0 Å². The maximum atomic E-state index is 12.7. The Bertz CT molecular complexity index is 620. The molecule has 1 amide bonds. The molecule has 0 bridgehead atoms. The maximum Gasteiger partial charge on any atom is 0.257 e. The summed E-state index contributed by atoms with van der Waals surface area (Å²) in [4.78, 5) is 19.1. The molecule has 1 aliphatic rings. The molecule has 1 aliphatic heterocycles. The van der Waals surface area contributed by atoms with E-state index < -0.39 is 0 Å². The van der Waals surface area contributed by atoms with Gasteiger partial charge in [0.2, 0.25) is 0 Å². The van der Waals surface area contributed by atoms with E-state index >= 15 is 0 Å². The first-order valence-corrected chi connectivity index (χ1v) is 8.29. The molecule has 0 aliphatic carbocycles. The Morgan fingerprint density at radius 1 is 1.52 bits per heavy atom. The van der Waals surface area contributed by atoms with E-state index in [-0.39, 0.29) is 5.91 Å². The fourth-order valence-corrected chi connectivity index (χ4v) is 3.63. The van der Waals surface area contributed by atoms with E-state index in [1.165, 1.54) is 0 Å². The second-order valence-electron chi connectivity index (χ2n) is 5.44. The van der Waals surface area contributed by atoms with E-state index in [0.717, 1.165) is 48.7 Å². The van der Waals surface area contributed by atoms with Crippen molar-refractivity contribution in [2.45, 2.75) is 39.2 Å². The van der Waals surface area contributed by atoms with E-state index in [1.807, 2.05) is 41.2 Å². The largest absolute Gasteiger partial charge is 0.338 e. The van der Waals surface area contributed by atoms with Crippen LogP contribution in [0.15, 0.2) is 17.8 Å². The van der Waals surface area contributed by atoms with E-state index in [2.05, 4.69) is 10.1 Å². The van der Waals surface area contributed by atoms with Crippen molar-refractivity contribution in [1.29, 1.82) is 0 Å². The van der Waals surface area contributed by atoms with Crippen molar-refractivity contribution in [3.05, 3.63) is 34.0 Å². The van der Waals surface area contributed by atoms with Gasteiger partial charge in [-0.25, -0.2) is 4.98 Å². The summed E-state index contributed by atoms with van der Waals surface area (Å²) in [5, 5.41) is 7.53. The Kier molecular flexibility index (Phi) is 4.05. The van der Waals surface area contributed by atoms with Gasteiger partial charge in [-0.15, -0.1) is 11.3 Å². The fourth-order valence-electron chi connectivity index (χ4n) is 2.86. The quantitative estimate of drug-likeness (QED) is 0.876. The molecule has 2 aromatic heterocycles. The number of piperidine rings is 1. The highest BCUT2D eigenvalue weighted by Crippen LogP contribution is 2.29. The predicted octanol–water partition coefficient (Wildman–Crippen LogP) is 2.69. The Hall–Kier alpha value is -1.69. The van der Waals surface area contributed by atoms with Gasteiger partial charge in [0.25, 0.3) is 5.91 Å². The number of aromatic nitrogens is 3. The minimum atomic E-state index is 0.105. The summed E-state index contributed by atoms with van der Waals surface area (Å²) in [7, 11) is 0. The van der Waals surface area contributed by atoms with Crippen LogP contribution in [0.5, 0.6) is 0 Å². The van der Waals surface area contributed by atoms with Crippen molar-refractivity contribution in [3.8, 4) is 0 Å². The first-order valence-electron chi connectivity index (χ1n) is 7.41. The molecule has 6 heteroatoms. The number of nitrogens with zero attached hydrogens (tertiary/aromatic N) is 4. The third-order valence-corrected chi connectivity index (χ3v) is 4.95. The van der Waals surface area contributed by atoms with Gasteiger partial charge in [-0.2, -0.15) is 5.10 Å². The van der Waals surface area contributed by atoms with Gasteiger partial charge in [0.1, 0.15) is 0 Å². The maximum absolute atomic E-state index is 12.7. The first kappa shape index (κ1) is 14.3. The molecule has 1 atom stereocenters. The van der Waals surface area contributed by atoms with Crippen molar-refractivity contribution in [1.82, 2.24) is 19.7 Å². The van der Waals surface area contributed by atoms with Crippen LogP contribution in [0.2, 0.25) is 0 Å². The van der Waals surface area contributed by atoms with Crippen LogP contribution in [0.25, 0.3) is 0 Å². The Labute approximate surface area is 128 Å². The molecule has 21 heavy (non-hydrogen) atoms. The van der Waals surface area contributed by atoms with Gasteiger partial charge in [-0.05, 0) is 26.7 Å². The third-order valence-electron chi connectivity index (χ3n) is 4.01. The van der Waals surface area contributed by atoms with Crippen LogP contribution in [0.1, 0.15) is 46.7 Å². The smallest absolute Gasteiger partial charge is 0.257 e. The van der Waals surface area contributed by atoms with Crippen molar-refractivity contribution < 1.29 is 4.79 Å². The normalized spacial score (nSPS) is 19.0. The van der Waals surface area contributed by atoms with E-state index in [0.29, 0.717) is 5.92 Å². The topological polar surface area (TPSA) is 51.0 Å². The predicted molar refractivity (Wildman–Crippen MR) is 82.6 cm³/mol. The summed E-state index contributed by atoms with van der Waals surface area (Å²) in [6, 6.07) is 0. The highest BCUT2D eigenvalue weighted by Gasteiger charge is 2.28. The van der Waals surface area contributed by atoms with Crippen molar-refractivity contribution in [2.75, 3.05) is 13.1 Å². The molecule has 3 heterocycles. The standard InChI is InChI=1S/C15H20N4OS/c1-3-19-10-13(11(2)17-19)15(20)18-7-4-5-12(9-18)14-16-6-8-21-14/h6,8,10,12H,3-5,7,9H2,1-2H3/t12-/m0/s1. The number of rotatable bonds is 3. The molecular weight excluding hydrogens is 284 g/mol. The number of amides is 1. The number of likely N-dealkylation sites (tertiary alicyclic amines) is 1. The van der Waals surface area contributed by atoms with Gasteiger partial charge in [0.05, 0.1) is 16.3 Å². The summed E-state index contributed by atoms with van der Waals surface area (Å²) in [6.45, 7) is 6.32. The summed E-state index contributed by atoms with van der Waals surface area (Å²) < 4.78 is 1.82. The molecule has 0 radical (unpaired) electrons. The SMILES string of the molecule is CCn1cc(C(=O)N2CCC[C@H](c3nccs3)C2)c(C)n1. The third kappa shape index (κ3) is 2.85. The van der Waals surface area contributed by atoms with Crippen molar-refractivity contribution in [3.63, 3.8) is 0 Å². The molecule has 5 nitrogen and oxygen atoms in total. The Balaban J connectivity index is 1.76. The minimum absolute atomic E-state index is 0.105. The van der Waals surface area contributed by atoms with E-state index in [4.69, 9.17) is 0 Å². The molecule has 0 unspecified atom stereocenters. The average Bonchev–Trinajstić information content (AvgIpc) is 3.16. The Morgan fingerprint density at radius 2 is 2.38 bits per heavy atom. The summed E-state index contributed by atoms with van der Waals surface area (Å²) in [6.07, 6.45) is 5.86. The number of thiazole rings is 1. The first-order chi connectivity index (χ1) is 10.2. The van der Waals surface area contributed by atoms with Gasteiger partial charge in [0, 0.05) is 43.3 Å². The lowest BCUT2D eigenvalue weighted by Crippen LogP contribution is -2.39. The minimum Gasteiger partial charge on any atom is -0.338 e. The molecular formula is C15H20N4OS. The van der Waals surface area contributed by atoms with Gasteiger partial charge in [-0.3, -0.25) is 9.48 Å². The molecule has 0 saturated carbocycles. The molecule has 2 aromatic rings. The number of carbonyl (C=O) groups excluding carboxylic acids is 1. The van der Waals surface area contributed by atoms with Gasteiger partial charge in [0.15, 0.2) is 0 Å². The second kappa shape index (κ2) is 5.97. The fraction of sp³-hybridized carbons (Fsp3) is 0.533. The monoisotopic (exact) mass is 304 g/mol.